The molecule has 0 spiro atoms. The minimum atomic E-state index is -4.66. The van der Waals surface area contributed by atoms with Gasteiger partial charge in [-0.05, 0) is 42.9 Å². The van der Waals surface area contributed by atoms with Gasteiger partial charge >= 0.3 is 6.18 Å². The highest BCUT2D eigenvalue weighted by molar-refractivity contribution is 8.00. The van der Waals surface area contributed by atoms with Gasteiger partial charge in [0, 0.05) is 17.4 Å². The number of pyridine rings is 1. The number of carbonyl (C=O) groups excluding carboxylic acids is 1. The molecule has 164 valence electrons. The molecule has 0 saturated heterocycles. The van der Waals surface area contributed by atoms with Crippen molar-refractivity contribution in [2.24, 2.45) is 5.92 Å². The van der Waals surface area contributed by atoms with Gasteiger partial charge in [-0.1, -0.05) is 31.2 Å². The Kier molecular flexibility index (Phi) is 7.11. The lowest BCUT2D eigenvalue weighted by molar-refractivity contribution is -0.138. The molecular weight excluding hydrogens is 427 g/mol. The number of nitrogens with one attached hydrogen (secondary N) is 1. The van der Waals surface area contributed by atoms with Crippen LogP contribution in [0.25, 0.3) is 0 Å². The van der Waals surface area contributed by atoms with Crippen LogP contribution in [0, 0.1) is 17.2 Å². The van der Waals surface area contributed by atoms with Gasteiger partial charge in [-0.15, -0.1) is 0 Å². The van der Waals surface area contributed by atoms with Crippen LogP contribution in [0.2, 0.25) is 0 Å². The first-order valence-corrected chi connectivity index (χ1v) is 10.8. The Labute approximate surface area is 183 Å². The molecule has 1 amide bonds. The van der Waals surface area contributed by atoms with Crippen LogP contribution in [0.3, 0.4) is 0 Å². The molecular formula is C22H22F3N3O2S. The highest BCUT2D eigenvalue weighted by Crippen LogP contribution is 2.42. The van der Waals surface area contributed by atoms with Crippen LogP contribution in [0.5, 0.6) is 5.75 Å². The number of amides is 1. The summed E-state index contributed by atoms with van der Waals surface area (Å²) in [6.07, 6.45) is -2.42. The lowest BCUT2D eigenvalue weighted by Gasteiger charge is -2.27. The average Bonchev–Trinajstić information content (AvgIpc) is 2.75. The van der Waals surface area contributed by atoms with Crippen molar-refractivity contribution in [1.82, 2.24) is 4.98 Å². The highest BCUT2D eigenvalue weighted by Gasteiger charge is 2.40. The minimum absolute atomic E-state index is 0.0516. The zero-order valence-corrected chi connectivity index (χ0v) is 18.0. The molecule has 2 aromatic rings. The second-order valence-electron chi connectivity index (χ2n) is 7.29. The van der Waals surface area contributed by atoms with Crippen molar-refractivity contribution in [2.45, 2.75) is 43.8 Å². The molecule has 1 aliphatic rings. The van der Waals surface area contributed by atoms with Gasteiger partial charge in [-0.25, -0.2) is 4.98 Å². The Morgan fingerprint density at radius 3 is 2.84 bits per heavy atom. The largest absolute Gasteiger partial charge is 0.497 e. The van der Waals surface area contributed by atoms with Gasteiger partial charge in [-0.2, -0.15) is 18.4 Å². The number of carbonyl (C=O) groups is 1. The van der Waals surface area contributed by atoms with Crippen molar-refractivity contribution in [2.75, 3.05) is 18.2 Å². The molecule has 1 N–H and O–H groups in total. The van der Waals surface area contributed by atoms with Gasteiger partial charge in [0.1, 0.15) is 16.8 Å². The Bertz CT molecular complexity index is 1020. The van der Waals surface area contributed by atoms with Crippen LogP contribution < -0.4 is 10.1 Å². The Morgan fingerprint density at radius 1 is 1.42 bits per heavy atom. The van der Waals surface area contributed by atoms with E-state index in [1.54, 1.807) is 30.3 Å². The molecule has 1 aliphatic carbocycles. The van der Waals surface area contributed by atoms with E-state index in [1.165, 1.54) is 7.11 Å². The highest BCUT2D eigenvalue weighted by atomic mass is 32.2. The molecule has 1 atom stereocenters. The maximum atomic E-state index is 13.9. The summed E-state index contributed by atoms with van der Waals surface area (Å²) in [5.74, 6) is 0.121. The average molecular weight is 449 g/mol. The number of nitrogens with zero attached hydrogens (tertiary/aromatic N) is 2. The molecule has 31 heavy (non-hydrogen) atoms. The van der Waals surface area contributed by atoms with E-state index in [9.17, 15) is 23.2 Å². The standard InChI is InChI=1S/C22H22F3N3O2S/c1-3-13-7-8-18-16(9-13)20(22(23,24)25)17(11-26)21(28-18)31-12-19(29)27-14-5-4-6-15(10-14)30-2/h4-6,10,13H,3,7-9,12H2,1-2H3,(H,27,29)/t13-/m1/s1. The number of methoxy groups -OCH3 is 1. The Balaban J connectivity index is 1.86. The van der Waals surface area contributed by atoms with E-state index in [0.717, 1.165) is 24.6 Å². The second kappa shape index (κ2) is 9.60. The third-order valence-corrected chi connectivity index (χ3v) is 6.27. The third kappa shape index (κ3) is 5.31. The fourth-order valence-corrected chi connectivity index (χ4v) is 4.51. The number of fused-ring (bicyclic) bond motifs is 1. The van der Waals surface area contributed by atoms with Crippen molar-refractivity contribution < 1.29 is 22.7 Å². The Hall–Kier alpha value is -2.73. The number of nitriles is 1. The number of rotatable bonds is 6. The molecule has 0 unspecified atom stereocenters. The predicted molar refractivity (Wildman–Crippen MR) is 112 cm³/mol. The summed E-state index contributed by atoms with van der Waals surface area (Å²) in [5.41, 5.74) is -0.374. The summed E-state index contributed by atoms with van der Waals surface area (Å²) in [7, 11) is 1.50. The summed E-state index contributed by atoms with van der Waals surface area (Å²) in [6.45, 7) is 1.95. The number of alkyl halides is 3. The smallest absolute Gasteiger partial charge is 0.418 e. The fourth-order valence-electron chi connectivity index (χ4n) is 3.71. The number of thioether (sulfide) groups is 1. The molecule has 3 rings (SSSR count). The van der Waals surface area contributed by atoms with Gasteiger partial charge < -0.3 is 10.1 Å². The van der Waals surface area contributed by atoms with Crippen LogP contribution in [-0.4, -0.2) is 23.8 Å². The van der Waals surface area contributed by atoms with Crippen molar-refractivity contribution >= 4 is 23.4 Å². The summed E-state index contributed by atoms with van der Waals surface area (Å²) >= 11 is 0.842. The number of benzene rings is 1. The molecule has 1 heterocycles. The van der Waals surface area contributed by atoms with Gasteiger partial charge in [-0.3, -0.25) is 4.79 Å². The van der Waals surface area contributed by atoms with Gasteiger partial charge in [0.05, 0.1) is 24.0 Å². The number of hydrogen-bond acceptors (Lipinski definition) is 5. The zero-order valence-electron chi connectivity index (χ0n) is 17.2. The van der Waals surface area contributed by atoms with E-state index in [1.807, 2.05) is 6.92 Å². The van der Waals surface area contributed by atoms with Crippen LogP contribution >= 0.6 is 11.8 Å². The van der Waals surface area contributed by atoms with Crippen molar-refractivity contribution in [1.29, 1.82) is 5.26 Å². The molecule has 9 heteroatoms. The molecule has 1 aromatic carbocycles. The first kappa shape index (κ1) is 22.9. The van der Waals surface area contributed by atoms with E-state index in [0.29, 0.717) is 23.6 Å². The van der Waals surface area contributed by atoms with Crippen molar-refractivity contribution in [3.05, 3.63) is 46.6 Å². The topological polar surface area (TPSA) is 75.0 Å². The number of aryl methyl sites for hydroxylation is 1. The predicted octanol–water partition coefficient (Wildman–Crippen LogP) is 5.23. The molecule has 0 radical (unpaired) electrons. The van der Waals surface area contributed by atoms with Crippen molar-refractivity contribution in [3.63, 3.8) is 0 Å². The van der Waals surface area contributed by atoms with Crippen LogP contribution in [0.4, 0.5) is 18.9 Å². The maximum absolute atomic E-state index is 13.9. The SMILES string of the molecule is CC[C@@H]1CCc2nc(SCC(=O)Nc3cccc(OC)c3)c(C#N)c(C(F)(F)F)c2C1. The summed E-state index contributed by atoms with van der Waals surface area (Å²) in [6, 6.07) is 8.43. The molecule has 0 aliphatic heterocycles. The summed E-state index contributed by atoms with van der Waals surface area (Å²) in [4.78, 5) is 16.7. The van der Waals surface area contributed by atoms with Gasteiger partial charge in [0.25, 0.3) is 0 Å². The zero-order chi connectivity index (χ0) is 22.6. The summed E-state index contributed by atoms with van der Waals surface area (Å²) < 4.78 is 46.8. The van der Waals surface area contributed by atoms with Crippen molar-refractivity contribution in [3.8, 4) is 11.8 Å². The number of hydrogen-bond donors (Lipinski definition) is 1. The van der Waals surface area contributed by atoms with Crippen LogP contribution in [0.15, 0.2) is 29.3 Å². The second-order valence-corrected chi connectivity index (χ2v) is 8.25. The first-order valence-electron chi connectivity index (χ1n) is 9.86. The van der Waals surface area contributed by atoms with E-state index in [2.05, 4.69) is 10.3 Å². The molecule has 5 nitrogen and oxygen atoms in total. The summed E-state index contributed by atoms with van der Waals surface area (Å²) in [5, 5.41) is 12.1. The van der Waals surface area contributed by atoms with Crippen LogP contribution in [0.1, 0.15) is 42.1 Å². The van der Waals surface area contributed by atoms with E-state index < -0.39 is 23.2 Å². The lowest BCUT2D eigenvalue weighted by atomic mass is 9.82. The van der Waals surface area contributed by atoms with Gasteiger partial charge in [0.15, 0.2) is 0 Å². The molecule has 1 aromatic heterocycles. The quantitative estimate of drug-likeness (QED) is 0.612. The monoisotopic (exact) mass is 449 g/mol. The number of ether oxygens (including phenoxy) is 1. The number of aromatic nitrogens is 1. The lowest BCUT2D eigenvalue weighted by Crippen LogP contribution is -2.23. The third-order valence-electron chi connectivity index (χ3n) is 5.30. The van der Waals surface area contributed by atoms with E-state index >= 15 is 0 Å². The number of anilines is 1. The van der Waals surface area contributed by atoms with Gasteiger partial charge in [0.2, 0.25) is 5.91 Å². The Morgan fingerprint density at radius 2 is 2.19 bits per heavy atom. The maximum Gasteiger partial charge on any atom is 0.418 e. The molecule has 0 saturated carbocycles. The fraction of sp³-hybridized carbons (Fsp3) is 0.409. The van der Waals surface area contributed by atoms with E-state index in [4.69, 9.17) is 4.74 Å². The molecule has 0 fully saturated rings. The normalized spacial score (nSPS) is 15.7. The number of halogens is 3. The minimum Gasteiger partial charge on any atom is -0.497 e. The molecule has 0 bridgehead atoms. The van der Waals surface area contributed by atoms with Crippen LogP contribution in [-0.2, 0) is 23.8 Å². The first-order chi connectivity index (χ1) is 14.8. The van der Waals surface area contributed by atoms with E-state index in [-0.39, 0.29) is 28.7 Å².